The van der Waals surface area contributed by atoms with Crippen LogP contribution >= 0.6 is 11.8 Å². The van der Waals surface area contributed by atoms with Crippen molar-refractivity contribution >= 4 is 17.6 Å². The first-order valence-electron chi connectivity index (χ1n) is 5.94. The lowest BCUT2D eigenvalue weighted by Gasteiger charge is -2.12. The van der Waals surface area contributed by atoms with Gasteiger partial charge in [-0.25, -0.2) is 0 Å². The SMILES string of the molecule is Cc1ccccc1Sc1c(C)cccc1/C(N)=N/O. The highest BCUT2D eigenvalue weighted by atomic mass is 32.2. The Labute approximate surface area is 117 Å². The monoisotopic (exact) mass is 272 g/mol. The van der Waals surface area contributed by atoms with Gasteiger partial charge in [0.05, 0.1) is 0 Å². The van der Waals surface area contributed by atoms with Crippen LogP contribution in [0.2, 0.25) is 0 Å². The molecule has 0 bridgehead atoms. The maximum absolute atomic E-state index is 8.88. The lowest BCUT2D eigenvalue weighted by molar-refractivity contribution is 0.318. The van der Waals surface area contributed by atoms with Crippen LogP contribution in [0.3, 0.4) is 0 Å². The molecule has 0 radical (unpaired) electrons. The Kier molecular flexibility index (Phi) is 4.12. The molecule has 4 heteroatoms. The van der Waals surface area contributed by atoms with Crippen molar-refractivity contribution in [3.05, 3.63) is 59.2 Å². The van der Waals surface area contributed by atoms with Gasteiger partial charge in [-0.1, -0.05) is 47.2 Å². The van der Waals surface area contributed by atoms with E-state index in [1.165, 1.54) is 10.5 Å². The van der Waals surface area contributed by atoms with Gasteiger partial charge in [-0.05, 0) is 37.1 Å². The zero-order valence-corrected chi connectivity index (χ0v) is 11.7. The van der Waals surface area contributed by atoms with Crippen molar-refractivity contribution in [2.24, 2.45) is 10.9 Å². The molecular formula is C15H16N2OS. The second kappa shape index (κ2) is 5.80. The van der Waals surface area contributed by atoms with E-state index in [2.05, 4.69) is 24.2 Å². The van der Waals surface area contributed by atoms with Gasteiger partial charge >= 0.3 is 0 Å². The lowest BCUT2D eigenvalue weighted by atomic mass is 10.1. The lowest BCUT2D eigenvalue weighted by Crippen LogP contribution is -2.14. The number of hydrogen-bond acceptors (Lipinski definition) is 3. The number of amidine groups is 1. The van der Waals surface area contributed by atoms with E-state index in [0.717, 1.165) is 16.0 Å². The third kappa shape index (κ3) is 2.90. The van der Waals surface area contributed by atoms with E-state index in [1.54, 1.807) is 11.8 Å². The minimum Gasteiger partial charge on any atom is -0.409 e. The summed E-state index contributed by atoms with van der Waals surface area (Å²) >= 11 is 1.64. The molecule has 2 rings (SSSR count). The topological polar surface area (TPSA) is 58.6 Å². The maximum atomic E-state index is 8.88. The molecule has 0 aromatic heterocycles. The average Bonchev–Trinajstić information content (AvgIpc) is 2.42. The molecule has 19 heavy (non-hydrogen) atoms. The van der Waals surface area contributed by atoms with Gasteiger partial charge in [0.1, 0.15) is 0 Å². The van der Waals surface area contributed by atoms with Crippen molar-refractivity contribution in [1.29, 1.82) is 0 Å². The van der Waals surface area contributed by atoms with Gasteiger partial charge in [0, 0.05) is 15.4 Å². The Balaban J connectivity index is 2.48. The Morgan fingerprint density at radius 2 is 1.74 bits per heavy atom. The van der Waals surface area contributed by atoms with Gasteiger partial charge in [0.2, 0.25) is 0 Å². The third-order valence-electron chi connectivity index (χ3n) is 2.90. The molecule has 0 aliphatic rings. The van der Waals surface area contributed by atoms with Crippen molar-refractivity contribution in [2.45, 2.75) is 23.6 Å². The molecule has 98 valence electrons. The van der Waals surface area contributed by atoms with Gasteiger partial charge in [-0.15, -0.1) is 0 Å². The molecule has 2 aromatic rings. The molecule has 0 aliphatic carbocycles. The summed E-state index contributed by atoms with van der Waals surface area (Å²) in [5, 5.41) is 12.0. The number of oxime groups is 1. The normalized spacial score (nSPS) is 11.6. The summed E-state index contributed by atoms with van der Waals surface area (Å²) in [6, 6.07) is 14.0. The molecule has 0 saturated carbocycles. The standard InChI is InChI=1S/C15H16N2OS/c1-10-6-3-4-9-13(10)19-14-11(2)7-5-8-12(14)15(16)17-18/h3-9,18H,1-2H3,(H2,16,17). The molecular weight excluding hydrogens is 256 g/mol. The van der Waals surface area contributed by atoms with Crippen LogP contribution in [0.4, 0.5) is 0 Å². The Morgan fingerprint density at radius 3 is 2.42 bits per heavy atom. The predicted molar refractivity (Wildman–Crippen MR) is 79.0 cm³/mol. The van der Waals surface area contributed by atoms with E-state index in [0.29, 0.717) is 0 Å². The van der Waals surface area contributed by atoms with Crippen LogP contribution in [0.1, 0.15) is 16.7 Å². The summed E-state index contributed by atoms with van der Waals surface area (Å²) in [4.78, 5) is 2.19. The van der Waals surface area contributed by atoms with Gasteiger partial charge in [0.25, 0.3) is 0 Å². The summed E-state index contributed by atoms with van der Waals surface area (Å²) < 4.78 is 0. The molecule has 0 amide bonds. The first-order valence-corrected chi connectivity index (χ1v) is 6.76. The predicted octanol–water partition coefficient (Wildman–Crippen LogP) is 3.55. The third-order valence-corrected chi connectivity index (χ3v) is 4.33. The fourth-order valence-corrected chi connectivity index (χ4v) is 2.93. The Hall–Kier alpha value is -1.94. The van der Waals surface area contributed by atoms with Crippen LogP contribution < -0.4 is 5.73 Å². The van der Waals surface area contributed by atoms with Crippen molar-refractivity contribution in [2.75, 3.05) is 0 Å². The number of benzene rings is 2. The molecule has 0 unspecified atom stereocenters. The average molecular weight is 272 g/mol. The van der Waals surface area contributed by atoms with Crippen molar-refractivity contribution in [3.63, 3.8) is 0 Å². The molecule has 3 nitrogen and oxygen atoms in total. The second-order valence-corrected chi connectivity index (χ2v) is 5.36. The fraction of sp³-hybridized carbons (Fsp3) is 0.133. The molecule has 0 heterocycles. The first-order chi connectivity index (χ1) is 9.13. The Morgan fingerprint density at radius 1 is 1.05 bits per heavy atom. The van der Waals surface area contributed by atoms with Gasteiger partial charge in [-0.2, -0.15) is 0 Å². The van der Waals surface area contributed by atoms with E-state index >= 15 is 0 Å². The summed E-state index contributed by atoms with van der Waals surface area (Å²) in [5.74, 6) is 0.139. The van der Waals surface area contributed by atoms with E-state index in [4.69, 9.17) is 10.9 Å². The largest absolute Gasteiger partial charge is 0.409 e. The van der Waals surface area contributed by atoms with Crippen molar-refractivity contribution in [1.82, 2.24) is 0 Å². The van der Waals surface area contributed by atoms with Crippen LogP contribution in [-0.4, -0.2) is 11.0 Å². The number of rotatable bonds is 3. The van der Waals surface area contributed by atoms with Crippen LogP contribution in [0.15, 0.2) is 57.4 Å². The van der Waals surface area contributed by atoms with Crippen molar-refractivity contribution < 1.29 is 5.21 Å². The minimum atomic E-state index is 0.139. The Bertz CT molecular complexity index is 623. The maximum Gasteiger partial charge on any atom is 0.171 e. The van der Waals surface area contributed by atoms with Crippen molar-refractivity contribution in [3.8, 4) is 0 Å². The molecule has 3 N–H and O–H groups in total. The van der Waals surface area contributed by atoms with E-state index in [-0.39, 0.29) is 5.84 Å². The van der Waals surface area contributed by atoms with Gasteiger partial charge in [0.15, 0.2) is 5.84 Å². The number of hydrogen-bond donors (Lipinski definition) is 2. The highest BCUT2D eigenvalue weighted by molar-refractivity contribution is 7.99. The van der Waals surface area contributed by atoms with Gasteiger partial charge in [-0.3, -0.25) is 0 Å². The highest BCUT2D eigenvalue weighted by Crippen LogP contribution is 2.34. The van der Waals surface area contributed by atoms with E-state index < -0.39 is 0 Å². The summed E-state index contributed by atoms with van der Waals surface area (Å²) in [7, 11) is 0. The first kappa shape index (κ1) is 13.5. The zero-order valence-electron chi connectivity index (χ0n) is 10.9. The smallest absolute Gasteiger partial charge is 0.171 e. The highest BCUT2D eigenvalue weighted by Gasteiger charge is 2.11. The molecule has 2 aromatic carbocycles. The second-order valence-electron chi connectivity index (χ2n) is 4.30. The molecule has 0 fully saturated rings. The molecule has 0 atom stereocenters. The van der Waals surface area contributed by atoms with Crippen LogP contribution in [0.25, 0.3) is 0 Å². The number of nitrogens with zero attached hydrogens (tertiary/aromatic N) is 1. The van der Waals surface area contributed by atoms with Crippen LogP contribution in [-0.2, 0) is 0 Å². The van der Waals surface area contributed by atoms with Gasteiger partial charge < -0.3 is 10.9 Å². The quantitative estimate of drug-likeness (QED) is 0.389. The summed E-state index contributed by atoms with van der Waals surface area (Å²) in [5.41, 5.74) is 8.82. The summed E-state index contributed by atoms with van der Waals surface area (Å²) in [6.07, 6.45) is 0. The van der Waals surface area contributed by atoms with Crippen LogP contribution in [0.5, 0.6) is 0 Å². The summed E-state index contributed by atoms with van der Waals surface area (Å²) in [6.45, 7) is 4.10. The van der Waals surface area contributed by atoms with E-state index in [9.17, 15) is 0 Å². The number of aryl methyl sites for hydroxylation is 2. The molecule has 0 spiro atoms. The van der Waals surface area contributed by atoms with Crippen LogP contribution in [0, 0.1) is 13.8 Å². The fourth-order valence-electron chi connectivity index (χ4n) is 1.82. The zero-order chi connectivity index (χ0) is 13.8. The number of nitrogens with two attached hydrogens (primary N) is 1. The minimum absolute atomic E-state index is 0.139. The molecule has 0 saturated heterocycles. The van der Waals surface area contributed by atoms with E-state index in [1.807, 2.05) is 37.3 Å². The molecule has 0 aliphatic heterocycles.